The van der Waals surface area contributed by atoms with Crippen LogP contribution in [0.3, 0.4) is 0 Å². The van der Waals surface area contributed by atoms with Gasteiger partial charge in [-0.05, 0) is 55.9 Å². The van der Waals surface area contributed by atoms with Gasteiger partial charge in [-0.15, -0.1) is 0 Å². The maximum absolute atomic E-state index is 11.7. The van der Waals surface area contributed by atoms with Crippen molar-refractivity contribution in [1.82, 2.24) is 5.32 Å². The van der Waals surface area contributed by atoms with Crippen molar-refractivity contribution in [3.63, 3.8) is 0 Å². The highest BCUT2D eigenvalue weighted by Crippen LogP contribution is 2.23. The van der Waals surface area contributed by atoms with Gasteiger partial charge in [-0.3, -0.25) is 4.79 Å². The molecule has 2 rings (SSSR count). The van der Waals surface area contributed by atoms with Crippen molar-refractivity contribution in [3.8, 4) is 0 Å². The number of nitrogens with one attached hydrogen (secondary N) is 1. The van der Waals surface area contributed by atoms with Crippen molar-refractivity contribution in [2.75, 3.05) is 6.54 Å². The molecule has 2 nitrogen and oxygen atoms in total. The molecular formula is C17H19Cl2NO. The molecule has 0 heterocycles. The maximum atomic E-state index is 11.7. The van der Waals surface area contributed by atoms with Gasteiger partial charge < -0.3 is 5.32 Å². The maximum Gasteiger partial charge on any atom is 0.244 e. The minimum atomic E-state index is -0.0857. The van der Waals surface area contributed by atoms with Crippen LogP contribution in [0.1, 0.15) is 37.7 Å². The summed E-state index contributed by atoms with van der Waals surface area (Å²) in [5, 5.41) is 3.90. The molecule has 0 spiro atoms. The molecule has 1 aliphatic carbocycles. The van der Waals surface area contributed by atoms with Gasteiger partial charge in [0.2, 0.25) is 5.91 Å². The van der Waals surface area contributed by atoms with Crippen molar-refractivity contribution in [2.45, 2.75) is 32.1 Å². The molecule has 1 N–H and O–H groups in total. The first-order valence-corrected chi connectivity index (χ1v) is 7.99. The third-order valence-corrected chi connectivity index (χ3v) is 4.24. The highest BCUT2D eigenvalue weighted by molar-refractivity contribution is 6.42. The van der Waals surface area contributed by atoms with E-state index in [0.29, 0.717) is 16.6 Å². The summed E-state index contributed by atoms with van der Waals surface area (Å²) in [6.07, 6.45) is 11.4. The second-order valence-electron chi connectivity index (χ2n) is 5.16. The van der Waals surface area contributed by atoms with Crippen LogP contribution in [-0.4, -0.2) is 12.5 Å². The summed E-state index contributed by atoms with van der Waals surface area (Å²) in [7, 11) is 0. The largest absolute Gasteiger partial charge is 0.352 e. The van der Waals surface area contributed by atoms with E-state index in [1.807, 2.05) is 6.07 Å². The van der Waals surface area contributed by atoms with Gasteiger partial charge in [0.15, 0.2) is 0 Å². The fourth-order valence-corrected chi connectivity index (χ4v) is 2.63. The zero-order valence-electron chi connectivity index (χ0n) is 11.9. The Hall–Kier alpha value is -1.25. The molecule has 1 aromatic rings. The topological polar surface area (TPSA) is 29.1 Å². The Kier molecular flexibility index (Phi) is 6.34. The second kappa shape index (κ2) is 8.26. The Morgan fingerprint density at radius 1 is 1.24 bits per heavy atom. The van der Waals surface area contributed by atoms with Crippen LogP contribution >= 0.6 is 23.2 Å². The van der Waals surface area contributed by atoms with E-state index in [2.05, 4.69) is 11.4 Å². The number of carbonyl (C=O) groups excluding carboxylic acids is 1. The van der Waals surface area contributed by atoms with Crippen LogP contribution in [-0.2, 0) is 4.79 Å². The van der Waals surface area contributed by atoms with Crippen LogP contribution in [0, 0.1) is 0 Å². The minimum absolute atomic E-state index is 0.0857. The summed E-state index contributed by atoms with van der Waals surface area (Å²) in [4.78, 5) is 11.7. The van der Waals surface area contributed by atoms with E-state index in [9.17, 15) is 4.79 Å². The van der Waals surface area contributed by atoms with Gasteiger partial charge in [-0.2, -0.15) is 0 Å². The summed E-state index contributed by atoms with van der Waals surface area (Å²) >= 11 is 11.8. The number of benzene rings is 1. The van der Waals surface area contributed by atoms with Gasteiger partial charge in [0.1, 0.15) is 0 Å². The Balaban J connectivity index is 1.77. The molecule has 21 heavy (non-hydrogen) atoms. The number of halogens is 2. The average Bonchev–Trinajstić information content (AvgIpc) is 2.49. The van der Waals surface area contributed by atoms with E-state index in [1.165, 1.54) is 37.3 Å². The lowest BCUT2D eigenvalue weighted by molar-refractivity contribution is -0.116. The number of hydrogen-bond donors (Lipinski definition) is 1. The SMILES string of the molecule is O=C(/C=C/c1ccc(Cl)c(Cl)c1)NCCC1=CCCCC1. The van der Waals surface area contributed by atoms with E-state index in [-0.39, 0.29) is 5.91 Å². The van der Waals surface area contributed by atoms with Gasteiger partial charge >= 0.3 is 0 Å². The van der Waals surface area contributed by atoms with Gasteiger partial charge in [0.05, 0.1) is 10.0 Å². The number of carbonyl (C=O) groups is 1. The molecule has 1 aliphatic rings. The molecule has 0 saturated heterocycles. The summed E-state index contributed by atoms with van der Waals surface area (Å²) in [6.45, 7) is 0.691. The monoisotopic (exact) mass is 323 g/mol. The Bertz CT molecular complexity index is 564. The van der Waals surface area contributed by atoms with E-state index in [1.54, 1.807) is 18.2 Å². The number of rotatable bonds is 5. The first kappa shape index (κ1) is 16.1. The molecule has 0 radical (unpaired) electrons. The van der Waals surface area contributed by atoms with Gasteiger partial charge in [-0.25, -0.2) is 0 Å². The molecule has 0 unspecified atom stereocenters. The molecule has 112 valence electrons. The fraction of sp³-hybridized carbons (Fsp3) is 0.353. The molecule has 0 atom stereocenters. The second-order valence-corrected chi connectivity index (χ2v) is 5.97. The van der Waals surface area contributed by atoms with Crippen LogP contribution in [0.15, 0.2) is 35.9 Å². The molecule has 0 fully saturated rings. The van der Waals surface area contributed by atoms with Gasteiger partial charge in [0.25, 0.3) is 0 Å². The third-order valence-electron chi connectivity index (χ3n) is 3.50. The van der Waals surface area contributed by atoms with Gasteiger partial charge in [0, 0.05) is 12.6 Å². The van der Waals surface area contributed by atoms with Gasteiger partial charge in [-0.1, -0.05) is 40.9 Å². The predicted molar refractivity (Wildman–Crippen MR) is 89.7 cm³/mol. The molecular weight excluding hydrogens is 305 g/mol. The first-order valence-electron chi connectivity index (χ1n) is 7.24. The highest BCUT2D eigenvalue weighted by Gasteiger charge is 2.04. The predicted octanol–water partition coefficient (Wildman–Crippen LogP) is 5.01. The molecule has 1 amide bonds. The third kappa shape index (κ3) is 5.56. The number of hydrogen-bond acceptors (Lipinski definition) is 1. The van der Waals surface area contributed by atoms with E-state index < -0.39 is 0 Å². The molecule has 0 bridgehead atoms. The molecule has 4 heteroatoms. The average molecular weight is 324 g/mol. The Morgan fingerprint density at radius 2 is 2.10 bits per heavy atom. The first-order chi connectivity index (χ1) is 10.1. The van der Waals surface area contributed by atoms with E-state index in [4.69, 9.17) is 23.2 Å². The smallest absolute Gasteiger partial charge is 0.244 e. The lowest BCUT2D eigenvalue weighted by atomic mass is 9.97. The highest BCUT2D eigenvalue weighted by atomic mass is 35.5. The molecule has 0 saturated carbocycles. The standard InChI is InChI=1S/C17H19Cl2NO/c18-15-8-6-14(12-16(15)19)7-9-17(21)20-11-10-13-4-2-1-3-5-13/h4,6-9,12H,1-3,5,10-11H2,(H,20,21)/b9-7+. The molecule has 1 aromatic carbocycles. The lowest BCUT2D eigenvalue weighted by Gasteiger charge is -2.12. The summed E-state index contributed by atoms with van der Waals surface area (Å²) < 4.78 is 0. The van der Waals surface area contributed by atoms with Crippen LogP contribution < -0.4 is 5.32 Å². The summed E-state index contributed by atoms with van der Waals surface area (Å²) in [5.74, 6) is -0.0857. The summed E-state index contributed by atoms with van der Waals surface area (Å²) in [5.41, 5.74) is 2.32. The zero-order valence-corrected chi connectivity index (χ0v) is 13.4. The molecule has 0 aliphatic heterocycles. The Labute approximate surface area is 135 Å². The van der Waals surface area contributed by atoms with Crippen LogP contribution in [0.25, 0.3) is 6.08 Å². The van der Waals surface area contributed by atoms with Crippen LogP contribution in [0.4, 0.5) is 0 Å². The summed E-state index contributed by atoms with van der Waals surface area (Å²) in [6, 6.07) is 5.28. The fourth-order valence-electron chi connectivity index (χ4n) is 2.32. The normalized spacial score (nSPS) is 15.0. The zero-order chi connectivity index (χ0) is 15.1. The van der Waals surface area contributed by atoms with Crippen molar-refractivity contribution < 1.29 is 4.79 Å². The minimum Gasteiger partial charge on any atom is -0.352 e. The van der Waals surface area contributed by atoms with E-state index in [0.717, 1.165) is 12.0 Å². The van der Waals surface area contributed by atoms with Crippen molar-refractivity contribution in [3.05, 3.63) is 51.5 Å². The van der Waals surface area contributed by atoms with Crippen molar-refractivity contribution in [2.24, 2.45) is 0 Å². The van der Waals surface area contributed by atoms with Crippen LogP contribution in [0.5, 0.6) is 0 Å². The van der Waals surface area contributed by atoms with E-state index >= 15 is 0 Å². The van der Waals surface area contributed by atoms with Crippen LogP contribution in [0.2, 0.25) is 10.0 Å². The number of amides is 1. The lowest BCUT2D eigenvalue weighted by Crippen LogP contribution is -2.22. The Morgan fingerprint density at radius 3 is 2.81 bits per heavy atom. The van der Waals surface area contributed by atoms with Crippen molar-refractivity contribution in [1.29, 1.82) is 0 Å². The molecule has 0 aromatic heterocycles. The number of allylic oxidation sites excluding steroid dienone is 1. The quantitative estimate of drug-likeness (QED) is 0.598. The van der Waals surface area contributed by atoms with Crippen molar-refractivity contribution >= 4 is 35.2 Å².